The van der Waals surface area contributed by atoms with E-state index in [0.717, 1.165) is 36.5 Å². The van der Waals surface area contributed by atoms with Gasteiger partial charge in [0.05, 0.1) is 17.2 Å². The second kappa shape index (κ2) is 4.67. The molecule has 4 heteroatoms. The Morgan fingerprint density at radius 3 is 3.00 bits per heavy atom. The van der Waals surface area contributed by atoms with E-state index >= 15 is 0 Å². The van der Waals surface area contributed by atoms with Gasteiger partial charge in [-0.3, -0.25) is 4.98 Å². The van der Waals surface area contributed by atoms with Crippen molar-refractivity contribution < 1.29 is 0 Å². The molecule has 0 spiro atoms. The molecule has 0 unspecified atom stereocenters. The Hall–Kier alpha value is -1.68. The lowest BCUT2D eigenvalue weighted by Gasteiger charge is -2.10. The van der Waals surface area contributed by atoms with Gasteiger partial charge >= 0.3 is 0 Å². The maximum absolute atomic E-state index is 4.54. The van der Waals surface area contributed by atoms with Gasteiger partial charge in [0.2, 0.25) is 0 Å². The van der Waals surface area contributed by atoms with Crippen molar-refractivity contribution in [3.63, 3.8) is 0 Å². The van der Waals surface area contributed by atoms with Gasteiger partial charge < -0.3 is 10.6 Å². The van der Waals surface area contributed by atoms with Crippen LogP contribution in [0.5, 0.6) is 0 Å². The van der Waals surface area contributed by atoms with E-state index in [4.69, 9.17) is 0 Å². The highest BCUT2D eigenvalue weighted by molar-refractivity contribution is 5.75. The molecule has 1 aromatic carbocycles. The van der Waals surface area contributed by atoms with E-state index in [2.05, 4.69) is 20.6 Å². The molecule has 17 heavy (non-hydrogen) atoms. The summed E-state index contributed by atoms with van der Waals surface area (Å²) in [7, 11) is 0. The highest BCUT2D eigenvalue weighted by Crippen LogP contribution is 2.13. The number of aromatic nitrogens is 2. The minimum Gasteiger partial charge on any atom is -0.368 e. The first-order chi connectivity index (χ1) is 8.42. The molecule has 1 aromatic heterocycles. The average Bonchev–Trinajstić information content (AvgIpc) is 2.89. The molecule has 2 heterocycles. The Kier molecular flexibility index (Phi) is 2.88. The summed E-state index contributed by atoms with van der Waals surface area (Å²) >= 11 is 0. The van der Waals surface area contributed by atoms with Gasteiger partial charge in [-0.15, -0.1) is 0 Å². The molecule has 4 nitrogen and oxygen atoms in total. The van der Waals surface area contributed by atoms with Crippen LogP contribution in [0.3, 0.4) is 0 Å². The molecule has 1 aliphatic heterocycles. The summed E-state index contributed by atoms with van der Waals surface area (Å²) in [4.78, 5) is 8.93. The van der Waals surface area contributed by atoms with Crippen LogP contribution in [0.2, 0.25) is 0 Å². The lowest BCUT2D eigenvalue weighted by molar-refractivity contribution is 0.614. The summed E-state index contributed by atoms with van der Waals surface area (Å²) in [5.41, 5.74) is 1.89. The van der Waals surface area contributed by atoms with Gasteiger partial charge in [-0.25, -0.2) is 4.98 Å². The van der Waals surface area contributed by atoms with Gasteiger partial charge in [0.1, 0.15) is 5.82 Å². The normalized spacial score (nSPS) is 19.6. The van der Waals surface area contributed by atoms with Crippen LogP contribution in [0.4, 0.5) is 5.82 Å². The number of para-hydroxylation sites is 2. The van der Waals surface area contributed by atoms with E-state index in [1.165, 1.54) is 6.42 Å². The fourth-order valence-electron chi connectivity index (χ4n) is 2.18. The van der Waals surface area contributed by atoms with E-state index in [9.17, 15) is 0 Å². The summed E-state index contributed by atoms with van der Waals surface area (Å²) < 4.78 is 0. The molecule has 0 saturated carbocycles. The summed E-state index contributed by atoms with van der Waals surface area (Å²) in [6.45, 7) is 3.21. The fourth-order valence-corrected chi connectivity index (χ4v) is 2.18. The minimum atomic E-state index is 0.711. The summed E-state index contributed by atoms with van der Waals surface area (Å²) in [5, 5.41) is 6.73. The second-order valence-electron chi connectivity index (χ2n) is 4.48. The maximum Gasteiger partial charge on any atom is 0.145 e. The molecule has 1 fully saturated rings. The Morgan fingerprint density at radius 1 is 1.29 bits per heavy atom. The molecule has 2 N–H and O–H groups in total. The van der Waals surface area contributed by atoms with Crippen molar-refractivity contribution in [1.82, 2.24) is 15.3 Å². The van der Waals surface area contributed by atoms with Crippen molar-refractivity contribution >= 4 is 16.9 Å². The van der Waals surface area contributed by atoms with Crippen molar-refractivity contribution in [2.24, 2.45) is 5.92 Å². The van der Waals surface area contributed by atoms with Crippen molar-refractivity contribution in [3.8, 4) is 0 Å². The van der Waals surface area contributed by atoms with E-state index in [1.54, 1.807) is 0 Å². The number of benzene rings is 1. The molecule has 3 rings (SSSR count). The highest BCUT2D eigenvalue weighted by atomic mass is 15.0. The van der Waals surface area contributed by atoms with Crippen LogP contribution < -0.4 is 10.6 Å². The van der Waals surface area contributed by atoms with Crippen LogP contribution in [-0.2, 0) is 0 Å². The van der Waals surface area contributed by atoms with Crippen LogP contribution in [0.25, 0.3) is 11.0 Å². The quantitative estimate of drug-likeness (QED) is 0.838. The average molecular weight is 228 g/mol. The van der Waals surface area contributed by atoms with E-state index in [0.29, 0.717) is 5.92 Å². The van der Waals surface area contributed by atoms with Crippen molar-refractivity contribution in [2.75, 3.05) is 25.0 Å². The van der Waals surface area contributed by atoms with Crippen LogP contribution in [-0.4, -0.2) is 29.6 Å². The van der Waals surface area contributed by atoms with Crippen molar-refractivity contribution in [1.29, 1.82) is 0 Å². The van der Waals surface area contributed by atoms with E-state index in [-0.39, 0.29) is 0 Å². The Balaban J connectivity index is 1.72. The van der Waals surface area contributed by atoms with Crippen molar-refractivity contribution in [3.05, 3.63) is 30.5 Å². The van der Waals surface area contributed by atoms with Crippen LogP contribution in [0, 0.1) is 5.92 Å². The second-order valence-corrected chi connectivity index (χ2v) is 4.48. The molecule has 0 bridgehead atoms. The number of hydrogen-bond acceptors (Lipinski definition) is 4. The number of hydrogen-bond donors (Lipinski definition) is 2. The molecule has 2 aromatic rings. The SMILES string of the molecule is c1ccc2nc(NC[C@@H]3CCNC3)cnc2c1. The minimum absolute atomic E-state index is 0.711. The predicted molar refractivity (Wildman–Crippen MR) is 69.0 cm³/mol. The standard InChI is InChI=1S/C13H16N4/c1-2-4-12-11(3-1)15-9-13(17-12)16-8-10-5-6-14-7-10/h1-4,9-10,14H,5-8H2,(H,16,17)/t10-/m1/s1. The Bertz CT molecular complexity index is 506. The third-order valence-corrected chi connectivity index (χ3v) is 3.18. The number of nitrogens with zero attached hydrogens (tertiary/aromatic N) is 2. The zero-order valence-corrected chi connectivity index (χ0v) is 9.69. The van der Waals surface area contributed by atoms with E-state index < -0.39 is 0 Å². The van der Waals surface area contributed by atoms with Crippen LogP contribution in [0.15, 0.2) is 30.5 Å². The summed E-state index contributed by atoms with van der Waals surface area (Å²) in [6, 6.07) is 7.94. The summed E-state index contributed by atoms with van der Waals surface area (Å²) in [5.74, 6) is 1.58. The maximum atomic E-state index is 4.54. The predicted octanol–water partition coefficient (Wildman–Crippen LogP) is 1.65. The van der Waals surface area contributed by atoms with Gasteiger partial charge in [0.15, 0.2) is 0 Å². The Labute approximate surface area is 100 Å². The van der Waals surface area contributed by atoms with Crippen LogP contribution in [0.1, 0.15) is 6.42 Å². The molecular formula is C13H16N4. The molecule has 1 aliphatic rings. The largest absolute Gasteiger partial charge is 0.368 e. The first-order valence-electron chi connectivity index (χ1n) is 6.08. The van der Waals surface area contributed by atoms with E-state index in [1.807, 2.05) is 30.5 Å². The van der Waals surface area contributed by atoms with Crippen LogP contribution >= 0.6 is 0 Å². The molecule has 1 atom stereocenters. The topological polar surface area (TPSA) is 49.8 Å². The molecule has 0 aliphatic carbocycles. The summed E-state index contributed by atoms with van der Waals surface area (Å²) in [6.07, 6.45) is 3.05. The molecule has 0 amide bonds. The number of rotatable bonds is 3. The third-order valence-electron chi connectivity index (χ3n) is 3.18. The van der Waals surface area contributed by atoms with Crippen molar-refractivity contribution in [2.45, 2.75) is 6.42 Å². The first-order valence-corrected chi connectivity index (χ1v) is 6.08. The van der Waals surface area contributed by atoms with Gasteiger partial charge in [-0.05, 0) is 37.6 Å². The molecule has 1 saturated heterocycles. The molecular weight excluding hydrogens is 212 g/mol. The smallest absolute Gasteiger partial charge is 0.145 e. The molecule has 0 radical (unpaired) electrons. The molecule has 88 valence electrons. The van der Waals surface area contributed by atoms with Gasteiger partial charge in [0.25, 0.3) is 0 Å². The lowest BCUT2D eigenvalue weighted by atomic mass is 10.1. The zero-order chi connectivity index (χ0) is 11.5. The van der Waals surface area contributed by atoms with Gasteiger partial charge in [-0.2, -0.15) is 0 Å². The number of fused-ring (bicyclic) bond motifs is 1. The zero-order valence-electron chi connectivity index (χ0n) is 9.69. The highest BCUT2D eigenvalue weighted by Gasteiger charge is 2.13. The number of anilines is 1. The van der Waals surface area contributed by atoms with Gasteiger partial charge in [-0.1, -0.05) is 12.1 Å². The number of nitrogens with one attached hydrogen (secondary N) is 2. The van der Waals surface area contributed by atoms with Gasteiger partial charge in [0, 0.05) is 6.54 Å². The fraction of sp³-hybridized carbons (Fsp3) is 0.385. The monoisotopic (exact) mass is 228 g/mol. The third kappa shape index (κ3) is 2.36. The Morgan fingerprint density at radius 2 is 2.18 bits per heavy atom. The lowest BCUT2D eigenvalue weighted by Crippen LogP contribution is -2.17. The first kappa shape index (κ1) is 10.5.